The van der Waals surface area contributed by atoms with Gasteiger partial charge in [-0.15, -0.1) is 0 Å². The van der Waals surface area contributed by atoms with Crippen LogP contribution in [-0.2, 0) is 16.0 Å². The van der Waals surface area contributed by atoms with Crippen LogP contribution in [0.2, 0.25) is 0 Å². The normalized spacial score (nSPS) is 16.1. The molecular formula is C22H18O7. The largest absolute Gasteiger partial charge is 0.493 e. The second kappa shape index (κ2) is 6.48. The van der Waals surface area contributed by atoms with E-state index >= 15 is 0 Å². The zero-order valence-electron chi connectivity index (χ0n) is 16.2. The lowest BCUT2D eigenvalue weighted by atomic mass is 9.80. The van der Waals surface area contributed by atoms with Gasteiger partial charge in [-0.05, 0) is 41.0 Å². The topological polar surface area (TPSA) is 72.5 Å². The summed E-state index contributed by atoms with van der Waals surface area (Å²) in [6.07, 6.45) is 2.09. The Morgan fingerprint density at radius 3 is 2.21 bits per heavy atom. The number of ether oxygens (including phenoxy) is 6. The van der Waals surface area contributed by atoms with E-state index in [4.69, 9.17) is 28.4 Å². The van der Waals surface area contributed by atoms with Gasteiger partial charge in [-0.2, -0.15) is 0 Å². The van der Waals surface area contributed by atoms with Gasteiger partial charge in [0.25, 0.3) is 0 Å². The van der Waals surface area contributed by atoms with Crippen LogP contribution in [0.1, 0.15) is 16.7 Å². The maximum Gasteiger partial charge on any atom is 0.344 e. The Balaban J connectivity index is 1.80. The number of rotatable bonds is 4. The van der Waals surface area contributed by atoms with Crippen LogP contribution in [0.3, 0.4) is 0 Å². The molecular weight excluding hydrogens is 376 g/mol. The molecule has 0 saturated carbocycles. The van der Waals surface area contributed by atoms with Gasteiger partial charge < -0.3 is 28.4 Å². The van der Waals surface area contributed by atoms with Crippen molar-refractivity contribution in [2.75, 3.05) is 28.1 Å². The van der Waals surface area contributed by atoms with Crippen molar-refractivity contribution in [1.82, 2.24) is 0 Å². The summed E-state index contributed by atoms with van der Waals surface area (Å²) in [5.74, 6) is 2.44. The van der Waals surface area contributed by atoms with Crippen molar-refractivity contribution in [2.45, 2.75) is 6.42 Å². The first-order valence-electron chi connectivity index (χ1n) is 9.02. The lowest BCUT2D eigenvalue weighted by Crippen LogP contribution is -2.12. The van der Waals surface area contributed by atoms with Crippen LogP contribution in [0.5, 0.6) is 28.7 Å². The zero-order chi connectivity index (χ0) is 20.1. The Morgan fingerprint density at radius 1 is 0.862 bits per heavy atom. The average Bonchev–Trinajstić information content (AvgIpc) is 3.35. The molecule has 0 aromatic heterocycles. The molecule has 0 atom stereocenters. The maximum atomic E-state index is 12.6. The van der Waals surface area contributed by atoms with Gasteiger partial charge in [0.05, 0.1) is 33.2 Å². The quantitative estimate of drug-likeness (QED) is 0.737. The third-order valence-electron chi connectivity index (χ3n) is 5.29. The molecule has 148 valence electrons. The SMILES string of the molecule is COc1cc(C2=C3C(=O)OC=C3Cc3cc4c(cc32)OCO4)cc(OC)c1OC. The summed E-state index contributed by atoms with van der Waals surface area (Å²) in [6, 6.07) is 7.51. The van der Waals surface area contributed by atoms with E-state index in [1.165, 1.54) is 6.26 Å². The molecule has 5 rings (SSSR count). The summed E-state index contributed by atoms with van der Waals surface area (Å²) >= 11 is 0. The summed E-state index contributed by atoms with van der Waals surface area (Å²) in [4.78, 5) is 12.6. The van der Waals surface area contributed by atoms with Crippen molar-refractivity contribution >= 4 is 11.5 Å². The number of hydrogen-bond donors (Lipinski definition) is 0. The fourth-order valence-electron chi connectivity index (χ4n) is 3.99. The number of cyclic esters (lactones) is 1. The first-order chi connectivity index (χ1) is 14.1. The van der Waals surface area contributed by atoms with Gasteiger partial charge >= 0.3 is 5.97 Å². The molecule has 0 amide bonds. The van der Waals surface area contributed by atoms with E-state index < -0.39 is 0 Å². The van der Waals surface area contributed by atoms with Crippen molar-refractivity contribution in [2.24, 2.45) is 0 Å². The van der Waals surface area contributed by atoms with Crippen molar-refractivity contribution in [3.63, 3.8) is 0 Å². The summed E-state index contributed by atoms with van der Waals surface area (Å²) in [6.45, 7) is 0.180. The molecule has 2 aliphatic heterocycles. The van der Waals surface area contributed by atoms with Gasteiger partial charge in [-0.25, -0.2) is 4.79 Å². The molecule has 2 heterocycles. The molecule has 0 bridgehead atoms. The molecule has 7 nitrogen and oxygen atoms in total. The monoisotopic (exact) mass is 394 g/mol. The second-order valence-corrected chi connectivity index (χ2v) is 6.75. The van der Waals surface area contributed by atoms with E-state index in [-0.39, 0.29) is 12.8 Å². The third kappa shape index (κ3) is 2.54. The predicted molar refractivity (Wildman–Crippen MR) is 103 cm³/mol. The molecule has 0 spiro atoms. The number of esters is 1. The summed E-state index contributed by atoms with van der Waals surface area (Å²) in [5, 5.41) is 0. The molecule has 0 saturated heterocycles. The molecule has 29 heavy (non-hydrogen) atoms. The van der Waals surface area contributed by atoms with Crippen LogP contribution in [0, 0.1) is 0 Å². The molecule has 0 N–H and O–H groups in total. The van der Waals surface area contributed by atoms with Gasteiger partial charge in [0.2, 0.25) is 12.5 Å². The van der Waals surface area contributed by atoms with Crippen LogP contribution in [-0.4, -0.2) is 34.1 Å². The Hall–Kier alpha value is -3.61. The van der Waals surface area contributed by atoms with Crippen LogP contribution in [0.4, 0.5) is 0 Å². The highest BCUT2D eigenvalue weighted by molar-refractivity contribution is 6.09. The third-order valence-corrected chi connectivity index (χ3v) is 5.29. The second-order valence-electron chi connectivity index (χ2n) is 6.75. The Morgan fingerprint density at radius 2 is 1.55 bits per heavy atom. The minimum Gasteiger partial charge on any atom is -0.493 e. The number of methoxy groups -OCH3 is 3. The fourth-order valence-corrected chi connectivity index (χ4v) is 3.99. The predicted octanol–water partition coefficient (Wildman–Crippen LogP) is 3.24. The van der Waals surface area contributed by atoms with Gasteiger partial charge in [0.1, 0.15) is 0 Å². The van der Waals surface area contributed by atoms with Gasteiger partial charge in [0, 0.05) is 17.6 Å². The molecule has 0 fully saturated rings. The van der Waals surface area contributed by atoms with E-state index in [1.807, 2.05) is 24.3 Å². The Labute approximate surface area is 167 Å². The van der Waals surface area contributed by atoms with Crippen molar-refractivity contribution in [3.8, 4) is 28.7 Å². The van der Waals surface area contributed by atoms with E-state index in [0.29, 0.717) is 40.7 Å². The van der Waals surface area contributed by atoms with Crippen LogP contribution < -0.4 is 23.7 Å². The average molecular weight is 394 g/mol. The van der Waals surface area contributed by atoms with Crippen LogP contribution in [0.25, 0.3) is 5.57 Å². The van der Waals surface area contributed by atoms with Gasteiger partial charge in [0.15, 0.2) is 23.0 Å². The molecule has 2 aromatic carbocycles. The lowest BCUT2D eigenvalue weighted by molar-refractivity contribution is -0.132. The highest BCUT2D eigenvalue weighted by Crippen LogP contribution is 2.49. The van der Waals surface area contributed by atoms with Gasteiger partial charge in [-0.3, -0.25) is 0 Å². The van der Waals surface area contributed by atoms with E-state index in [1.54, 1.807) is 21.3 Å². The smallest absolute Gasteiger partial charge is 0.344 e. The molecule has 0 unspecified atom stereocenters. The molecule has 0 radical (unpaired) electrons. The number of hydrogen-bond acceptors (Lipinski definition) is 7. The first kappa shape index (κ1) is 17.5. The minimum absolute atomic E-state index is 0.180. The van der Waals surface area contributed by atoms with Crippen LogP contribution >= 0.6 is 0 Å². The minimum atomic E-state index is -0.382. The fraction of sp³-hybridized carbons (Fsp3) is 0.227. The lowest BCUT2D eigenvalue weighted by Gasteiger charge is -2.23. The van der Waals surface area contributed by atoms with E-state index in [0.717, 1.165) is 27.8 Å². The Kier molecular flexibility index (Phi) is 3.91. The molecule has 7 heteroatoms. The molecule has 3 aliphatic rings. The molecule has 1 aliphatic carbocycles. The van der Waals surface area contributed by atoms with Crippen molar-refractivity contribution in [1.29, 1.82) is 0 Å². The van der Waals surface area contributed by atoms with E-state index in [2.05, 4.69) is 0 Å². The van der Waals surface area contributed by atoms with Crippen molar-refractivity contribution in [3.05, 3.63) is 58.4 Å². The summed E-state index contributed by atoms with van der Waals surface area (Å²) in [7, 11) is 4.66. The standard InChI is InChI=1S/C22H18O7/c1-24-17-6-12(7-18(25-2)21(17)26-3)19-14-8-16-15(28-10-29-16)5-11(14)4-13-9-27-22(23)20(13)19/h5-9H,4,10H2,1-3H3. The van der Waals surface area contributed by atoms with Crippen LogP contribution in [0.15, 0.2) is 41.7 Å². The number of carbonyl (C=O) groups is 1. The van der Waals surface area contributed by atoms with Gasteiger partial charge in [-0.1, -0.05) is 0 Å². The zero-order valence-corrected chi connectivity index (χ0v) is 16.2. The highest BCUT2D eigenvalue weighted by atomic mass is 16.7. The number of fused-ring (bicyclic) bond motifs is 3. The summed E-state index contributed by atoms with van der Waals surface area (Å²) < 4.78 is 32.8. The highest BCUT2D eigenvalue weighted by Gasteiger charge is 2.35. The number of carbonyl (C=O) groups excluding carboxylic acids is 1. The first-order valence-corrected chi connectivity index (χ1v) is 9.02. The van der Waals surface area contributed by atoms with E-state index in [9.17, 15) is 4.79 Å². The summed E-state index contributed by atoms with van der Waals surface area (Å²) in [5.41, 5.74) is 4.74. The maximum absolute atomic E-state index is 12.6. The molecule has 2 aromatic rings. The number of benzene rings is 2. The van der Waals surface area contributed by atoms with Crippen molar-refractivity contribution < 1.29 is 33.2 Å². The Bertz CT molecular complexity index is 1090.